The van der Waals surface area contributed by atoms with Crippen LogP contribution in [0.4, 0.5) is 5.13 Å². The third-order valence-corrected chi connectivity index (χ3v) is 4.67. The SMILES string of the molecule is CC1CC(C)CN(Cc2ccc3nc(N)sc3c2)C1. The molecule has 0 saturated carbocycles. The molecule has 19 heavy (non-hydrogen) atoms. The van der Waals surface area contributed by atoms with Crippen molar-refractivity contribution in [2.75, 3.05) is 18.8 Å². The van der Waals surface area contributed by atoms with E-state index in [1.165, 1.54) is 29.8 Å². The lowest BCUT2D eigenvalue weighted by atomic mass is 9.91. The minimum atomic E-state index is 0.660. The van der Waals surface area contributed by atoms with Crippen molar-refractivity contribution in [3.8, 4) is 0 Å². The molecule has 1 aliphatic heterocycles. The zero-order chi connectivity index (χ0) is 13.4. The lowest BCUT2D eigenvalue weighted by molar-refractivity contribution is 0.134. The third-order valence-electron chi connectivity index (χ3n) is 3.82. The summed E-state index contributed by atoms with van der Waals surface area (Å²) < 4.78 is 1.20. The number of nitrogen functional groups attached to an aromatic ring is 1. The zero-order valence-electron chi connectivity index (χ0n) is 11.6. The Morgan fingerprint density at radius 1 is 1.32 bits per heavy atom. The molecule has 3 nitrogen and oxygen atoms in total. The van der Waals surface area contributed by atoms with E-state index in [9.17, 15) is 0 Å². The molecule has 1 aromatic heterocycles. The largest absolute Gasteiger partial charge is 0.375 e. The molecule has 0 amide bonds. The molecule has 2 N–H and O–H groups in total. The molecular weight excluding hydrogens is 254 g/mol. The number of fused-ring (bicyclic) bond motifs is 1. The first-order valence-corrected chi connectivity index (χ1v) is 7.79. The smallest absolute Gasteiger partial charge is 0.181 e. The quantitative estimate of drug-likeness (QED) is 0.914. The van der Waals surface area contributed by atoms with Crippen molar-refractivity contribution in [2.45, 2.75) is 26.8 Å². The highest BCUT2D eigenvalue weighted by atomic mass is 32.1. The number of hydrogen-bond donors (Lipinski definition) is 1. The van der Waals surface area contributed by atoms with Crippen LogP contribution in [0, 0.1) is 11.8 Å². The Balaban J connectivity index is 1.77. The second-order valence-corrected chi connectivity index (χ2v) is 7.06. The fourth-order valence-corrected chi connectivity index (χ4v) is 4.06. The molecule has 4 heteroatoms. The maximum Gasteiger partial charge on any atom is 0.181 e. The van der Waals surface area contributed by atoms with Crippen molar-refractivity contribution in [1.82, 2.24) is 9.88 Å². The van der Waals surface area contributed by atoms with E-state index in [0.29, 0.717) is 5.13 Å². The summed E-state index contributed by atoms with van der Waals surface area (Å²) in [5.74, 6) is 1.62. The molecule has 3 rings (SSSR count). The molecule has 2 atom stereocenters. The molecule has 2 aromatic rings. The molecule has 0 spiro atoms. The van der Waals surface area contributed by atoms with Gasteiger partial charge >= 0.3 is 0 Å². The summed E-state index contributed by atoms with van der Waals surface area (Å²) in [4.78, 5) is 6.88. The van der Waals surface area contributed by atoms with Crippen molar-refractivity contribution < 1.29 is 0 Å². The Hall–Kier alpha value is -1.13. The maximum absolute atomic E-state index is 5.76. The lowest BCUT2D eigenvalue weighted by Gasteiger charge is -2.35. The molecule has 102 valence electrons. The summed E-state index contributed by atoms with van der Waals surface area (Å²) in [6.45, 7) is 8.19. The van der Waals surface area contributed by atoms with Crippen LogP contribution in [-0.2, 0) is 6.54 Å². The molecule has 2 heterocycles. The average molecular weight is 275 g/mol. The molecule has 1 aromatic carbocycles. The molecule has 0 aliphatic carbocycles. The number of nitrogens with zero attached hydrogens (tertiary/aromatic N) is 2. The number of piperidine rings is 1. The third kappa shape index (κ3) is 2.90. The summed E-state index contributed by atoms with van der Waals surface area (Å²) in [6.07, 6.45) is 1.36. The number of benzene rings is 1. The Kier molecular flexibility index (Phi) is 3.46. The number of anilines is 1. The van der Waals surface area contributed by atoms with Crippen LogP contribution in [0.3, 0.4) is 0 Å². The van der Waals surface area contributed by atoms with Gasteiger partial charge in [-0.25, -0.2) is 4.98 Å². The van der Waals surface area contributed by atoms with Gasteiger partial charge in [-0.05, 0) is 36.0 Å². The van der Waals surface area contributed by atoms with Gasteiger partial charge in [0, 0.05) is 19.6 Å². The summed E-state index contributed by atoms with van der Waals surface area (Å²) in [5.41, 5.74) is 8.15. The maximum atomic E-state index is 5.76. The van der Waals surface area contributed by atoms with Crippen LogP contribution in [0.2, 0.25) is 0 Å². The number of likely N-dealkylation sites (tertiary alicyclic amines) is 1. The van der Waals surface area contributed by atoms with Crippen LogP contribution < -0.4 is 5.73 Å². The van der Waals surface area contributed by atoms with Gasteiger partial charge in [0.15, 0.2) is 5.13 Å². The van der Waals surface area contributed by atoms with Gasteiger partial charge in [0.1, 0.15) is 0 Å². The van der Waals surface area contributed by atoms with E-state index in [2.05, 4.69) is 41.9 Å². The van der Waals surface area contributed by atoms with Crippen LogP contribution in [0.1, 0.15) is 25.8 Å². The first kappa shape index (κ1) is 12.9. The topological polar surface area (TPSA) is 42.2 Å². The number of aromatic nitrogens is 1. The number of thiazole rings is 1. The van der Waals surface area contributed by atoms with Crippen molar-refractivity contribution in [3.63, 3.8) is 0 Å². The molecule has 2 unspecified atom stereocenters. The Bertz CT molecular complexity index is 568. The van der Waals surface area contributed by atoms with E-state index >= 15 is 0 Å². The van der Waals surface area contributed by atoms with Gasteiger partial charge in [-0.3, -0.25) is 4.90 Å². The van der Waals surface area contributed by atoms with E-state index in [-0.39, 0.29) is 0 Å². The standard InChI is InChI=1S/C15H21N3S/c1-10-5-11(2)8-18(7-10)9-12-3-4-13-14(6-12)19-15(16)17-13/h3-4,6,10-11H,5,7-9H2,1-2H3,(H2,16,17). The number of rotatable bonds is 2. The van der Waals surface area contributed by atoms with Crippen LogP contribution in [0.15, 0.2) is 18.2 Å². The summed E-state index contributed by atoms with van der Waals surface area (Å²) in [7, 11) is 0. The predicted molar refractivity (Wildman–Crippen MR) is 82.3 cm³/mol. The van der Waals surface area contributed by atoms with Gasteiger partial charge in [0.05, 0.1) is 10.2 Å². The van der Waals surface area contributed by atoms with Crippen molar-refractivity contribution in [3.05, 3.63) is 23.8 Å². The van der Waals surface area contributed by atoms with Crippen LogP contribution in [0.5, 0.6) is 0 Å². The summed E-state index contributed by atoms with van der Waals surface area (Å²) >= 11 is 1.58. The van der Waals surface area contributed by atoms with E-state index in [0.717, 1.165) is 23.9 Å². The van der Waals surface area contributed by atoms with Crippen molar-refractivity contribution in [1.29, 1.82) is 0 Å². The normalized spacial score (nSPS) is 24.9. The zero-order valence-corrected chi connectivity index (χ0v) is 12.4. The lowest BCUT2D eigenvalue weighted by Crippen LogP contribution is -2.38. The molecule has 1 aliphatic rings. The van der Waals surface area contributed by atoms with Gasteiger partial charge in [-0.15, -0.1) is 0 Å². The van der Waals surface area contributed by atoms with Gasteiger partial charge in [-0.2, -0.15) is 0 Å². The van der Waals surface area contributed by atoms with Gasteiger partial charge < -0.3 is 5.73 Å². The van der Waals surface area contributed by atoms with E-state index in [4.69, 9.17) is 5.73 Å². The highest BCUT2D eigenvalue weighted by Crippen LogP contribution is 2.27. The fourth-order valence-electron chi connectivity index (χ4n) is 3.26. The highest BCUT2D eigenvalue weighted by molar-refractivity contribution is 7.22. The van der Waals surface area contributed by atoms with E-state index in [1.54, 1.807) is 11.3 Å². The Morgan fingerprint density at radius 3 is 2.79 bits per heavy atom. The molecule has 0 radical (unpaired) electrons. The Morgan fingerprint density at radius 2 is 2.05 bits per heavy atom. The Labute approximate surface area is 118 Å². The second-order valence-electron chi connectivity index (χ2n) is 5.99. The minimum Gasteiger partial charge on any atom is -0.375 e. The molecule has 1 saturated heterocycles. The van der Waals surface area contributed by atoms with Crippen molar-refractivity contribution in [2.24, 2.45) is 11.8 Å². The van der Waals surface area contributed by atoms with Gasteiger partial charge in [-0.1, -0.05) is 31.3 Å². The van der Waals surface area contributed by atoms with Crippen LogP contribution >= 0.6 is 11.3 Å². The first-order chi connectivity index (χ1) is 9.10. The van der Waals surface area contributed by atoms with Crippen LogP contribution in [-0.4, -0.2) is 23.0 Å². The average Bonchev–Trinajstić information content (AvgIpc) is 2.67. The fraction of sp³-hybridized carbons (Fsp3) is 0.533. The highest BCUT2D eigenvalue weighted by Gasteiger charge is 2.21. The van der Waals surface area contributed by atoms with Gasteiger partial charge in [0.2, 0.25) is 0 Å². The summed E-state index contributed by atoms with van der Waals surface area (Å²) in [6, 6.07) is 6.52. The van der Waals surface area contributed by atoms with Crippen LogP contribution in [0.25, 0.3) is 10.2 Å². The monoisotopic (exact) mass is 275 g/mol. The van der Waals surface area contributed by atoms with Crippen molar-refractivity contribution >= 4 is 26.7 Å². The number of hydrogen-bond acceptors (Lipinski definition) is 4. The first-order valence-electron chi connectivity index (χ1n) is 6.97. The predicted octanol–water partition coefficient (Wildman–Crippen LogP) is 3.36. The number of nitrogens with two attached hydrogens (primary N) is 1. The molecule has 1 fully saturated rings. The van der Waals surface area contributed by atoms with Gasteiger partial charge in [0.25, 0.3) is 0 Å². The summed E-state index contributed by atoms with van der Waals surface area (Å²) in [5, 5.41) is 0.660. The molecular formula is C15H21N3S. The molecule has 0 bridgehead atoms. The minimum absolute atomic E-state index is 0.660. The van der Waals surface area contributed by atoms with E-state index < -0.39 is 0 Å². The van der Waals surface area contributed by atoms with E-state index in [1.807, 2.05) is 0 Å². The second kappa shape index (κ2) is 5.10.